The van der Waals surface area contributed by atoms with Gasteiger partial charge in [0.1, 0.15) is 0 Å². The lowest BCUT2D eigenvalue weighted by molar-refractivity contribution is 1.18. The van der Waals surface area contributed by atoms with Crippen LogP contribution in [0.3, 0.4) is 0 Å². The predicted molar refractivity (Wildman–Crippen MR) is 332 cm³/mol. The summed E-state index contributed by atoms with van der Waals surface area (Å²) in [5, 5.41) is 15.0. The summed E-state index contributed by atoms with van der Waals surface area (Å²) in [6.07, 6.45) is 0. The minimum Gasteiger partial charge on any atom is -0.309 e. The summed E-state index contributed by atoms with van der Waals surface area (Å²) in [5.41, 5.74) is 19.2. The minimum atomic E-state index is 1.13. The van der Waals surface area contributed by atoms with Crippen molar-refractivity contribution in [3.63, 3.8) is 0 Å². The third kappa shape index (κ3) is 7.04. The molecule has 2 heteroatoms. The Hall–Kier alpha value is -10.3. The maximum absolute atomic E-state index is 2.44. The molecule has 2 aromatic heterocycles. The van der Waals surface area contributed by atoms with E-state index in [1.807, 2.05) is 0 Å². The number of rotatable bonds is 7. The van der Waals surface area contributed by atoms with E-state index >= 15 is 0 Å². The predicted octanol–water partition coefficient (Wildman–Crippen LogP) is 20.8. The van der Waals surface area contributed by atoms with Gasteiger partial charge in [0.05, 0.1) is 22.1 Å². The number of fused-ring (bicyclic) bond motifs is 10. The minimum absolute atomic E-state index is 1.13. The molecule has 0 saturated carbocycles. The van der Waals surface area contributed by atoms with Crippen molar-refractivity contribution >= 4 is 86.7 Å². The van der Waals surface area contributed by atoms with Gasteiger partial charge in [-0.15, -0.1) is 0 Å². The topological polar surface area (TPSA) is 9.86 Å². The fourth-order valence-electron chi connectivity index (χ4n) is 12.8. The summed E-state index contributed by atoms with van der Waals surface area (Å²) < 4.78 is 4.87. The van der Waals surface area contributed by atoms with Crippen molar-refractivity contribution in [1.82, 2.24) is 9.13 Å². The second-order valence-corrected chi connectivity index (χ2v) is 20.8. The van der Waals surface area contributed by atoms with Gasteiger partial charge in [-0.25, -0.2) is 0 Å². The second kappa shape index (κ2) is 17.7. The maximum Gasteiger partial charge on any atom is 0.0541 e. The SMILES string of the molecule is c1ccc(-c2c3ccccc3c(-c3ccc(-n4c5ccccc5c5cc(-c6ccc(-n7c8ccc(-c9ccc%10ccccc%10c9)cc8c8cc(-c9ccc%10ccccc%10c9)ccc87)cc6)ccc54)cc3)c3ccccc23)cc1. The lowest BCUT2D eigenvalue weighted by atomic mass is 9.86. The molecule has 16 aromatic rings. The summed E-state index contributed by atoms with van der Waals surface area (Å²) in [4.78, 5) is 0. The van der Waals surface area contributed by atoms with Gasteiger partial charge in [-0.1, -0.05) is 212 Å². The Kier molecular flexibility index (Phi) is 9.98. The van der Waals surface area contributed by atoms with Crippen molar-refractivity contribution in [1.29, 1.82) is 0 Å². The van der Waals surface area contributed by atoms with E-state index in [1.54, 1.807) is 0 Å². The van der Waals surface area contributed by atoms with E-state index in [-0.39, 0.29) is 0 Å². The van der Waals surface area contributed by atoms with Crippen LogP contribution in [0.5, 0.6) is 0 Å². The van der Waals surface area contributed by atoms with Gasteiger partial charge < -0.3 is 9.13 Å². The standard InChI is InChI=1S/C76H48N2/c1-2-16-52(17-3-1)75-64-21-8-10-23-66(64)76(67-24-11-9-22-65(67)75)53-32-39-62(40-33-53)77-71-25-13-12-20-63(71)68-46-58(34-41-72(68)77)51-30-37-61(38-31-51)78-73-42-35-59(56-28-26-49-14-4-6-18-54(49)44-56)47-69(73)70-48-60(36-43-74(70)78)57-29-27-50-15-5-7-19-55(50)45-57/h1-48H. The molecule has 2 nitrogen and oxygen atoms in total. The van der Waals surface area contributed by atoms with Crippen LogP contribution in [-0.4, -0.2) is 9.13 Å². The number of aromatic nitrogens is 2. The van der Waals surface area contributed by atoms with Crippen LogP contribution < -0.4 is 0 Å². The highest BCUT2D eigenvalue weighted by molar-refractivity contribution is 6.21. The molecule has 14 aromatic carbocycles. The van der Waals surface area contributed by atoms with Crippen LogP contribution >= 0.6 is 0 Å². The van der Waals surface area contributed by atoms with E-state index in [9.17, 15) is 0 Å². The zero-order chi connectivity index (χ0) is 51.3. The molecule has 362 valence electrons. The highest BCUT2D eigenvalue weighted by atomic mass is 15.0. The Morgan fingerprint density at radius 1 is 0.167 bits per heavy atom. The lowest BCUT2D eigenvalue weighted by Crippen LogP contribution is -1.95. The highest BCUT2D eigenvalue weighted by Crippen LogP contribution is 2.45. The Morgan fingerprint density at radius 3 is 0.949 bits per heavy atom. The van der Waals surface area contributed by atoms with Crippen LogP contribution in [0.25, 0.3) is 154 Å². The third-order valence-electron chi connectivity index (χ3n) is 16.5. The zero-order valence-corrected chi connectivity index (χ0v) is 42.6. The van der Waals surface area contributed by atoms with Crippen molar-refractivity contribution in [3.05, 3.63) is 291 Å². The Labute approximate surface area is 451 Å². The Bertz CT molecular complexity index is 4860. The molecule has 0 radical (unpaired) electrons. The lowest BCUT2D eigenvalue weighted by Gasteiger charge is -2.18. The molecule has 0 fully saturated rings. The van der Waals surface area contributed by atoms with Crippen LogP contribution in [0.4, 0.5) is 0 Å². The molecule has 0 N–H and O–H groups in total. The fraction of sp³-hybridized carbons (Fsp3) is 0. The second-order valence-electron chi connectivity index (χ2n) is 20.8. The summed E-state index contributed by atoms with van der Waals surface area (Å²) in [5.74, 6) is 0. The summed E-state index contributed by atoms with van der Waals surface area (Å²) in [7, 11) is 0. The van der Waals surface area contributed by atoms with E-state index in [2.05, 4.69) is 300 Å². The number of benzene rings is 14. The fourth-order valence-corrected chi connectivity index (χ4v) is 12.8. The molecular formula is C76H48N2. The maximum atomic E-state index is 2.44. The Morgan fingerprint density at radius 2 is 0.474 bits per heavy atom. The van der Waals surface area contributed by atoms with Gasteiger partial charge >= 0.3 is 0 Å². The average molecular weight is 989 g/mol. The molecule has 0 spiro atoms. The van der Waals surface area contributed by atoms with Gasteiger partial charge in [-0.2, -0.15) is 0 Å². The van der Waals surface area contributed by atoms with Crippen molar-refractivity contribution < 1.29 is 0 Å². The van der Waals surface area contributed by atoms with Gasteiger partial charge in [0.25, 0.3) is 0 Å². The first-order chi connectivity index (χ1) is 38.7. The number of para-hydroxylation sites is 1. The summed E-state index contributed by atoms with van der Waals surface area (Å²) >= 11 is 0. The number of hydrogen-bond acceptors (Lipinski definition) is 0. The Balaban J connectivity index is 0.779. The molecule has 2 heterocycles. The molecule has 0 saturated heterocycles. The van der Waals surface area contributed by atoms with Crippen LogP contribution in [0.15, 0.2) is 291 Å². The van der Waals surface area contributed by atoms with Gasteiger partial charge in [-0.05, 0) is 178 Å². The highest BCUT2D eigenvalue weighted by Gasteiger charge is 2.20. The van der Waals surface area contributed by atoms with Gasteiger partial charge in [0, 0.05) is 32.9 Å². The van der Waals surface area contributed by atoms with Crippen LogP contribution in [0, 0.1) is 0 Å². The smallest absolute Gasteiger partial charge is 0.0541 e. The van der Waals surface area contributed by atoms with Gasteiger partial charge in [0.15, 0.2) is 0 Å². The van der Waals surface area contributed by atoms with E-state index < -0.39 is 0 Å². The van der Waals surface area contributed by atoms with Crippen LogP contribution in [0.2, 0.25) is 0 Å². The van der Waals surface area contributed by atoms with Crippen LogP contribution in [0.1, 0.15) is 0 Å². The zero-order valence-electron chi connectivity index (χ0n) is 42.6. The normalized spacial score (nSPS) is 11.8. The molecule has 0 aliphatic rings. The van der Waals surface area contributed by atoms with Crippen molar-refractivity contribution in [2.45, 2.75) is 0 Å². The first-order valence-electron chi connectivity index (χ1n) is 27.0. The van der Waals surface area contributed by atoms with Gasteiger partial charge in [-0.3, -0.25) is 0 Å². The monoisotopic (exact) mass is 988 g/mol. The quantitative estimate of drug-likeness (QED) is 0.141. The van der Waals surface area contributed by atoms with E-state index in [4.69, 9.17) is 0 Å². The van der Waals surface area contributed by atoms with Crippen LogP contribution in [-0.2, 0) is 0 Å². The van der Waals surface area contributed by atoms with E-state index in [0.717, 1.165) is 11.4 Å². The number of hydrogen-bond donors (Lipinski definition) is 0. The molecule has 0 atom stereocenters. The van der Waals surface area contributed by atoms with Crippen molar-refractivity contribution in [2.75, 3.05) is 0 Å². The van der Waals surface area contributed by atoms with Crippen molar-refractivity contribution in [2.24, 2.45) is 0 Å². The first kappa shape index (κ1) is 44.1. The van der Waals surface area contributed by atoms with Gasteiger partial charge in [0.2, 0.25) is 0 Å². The molecule has 78 heavy (non-hydrogen) atoms. The third-order valence-corrected chi connectivity index (χ3v) is 16.5. The molecular weight excluding hydrogens is 941 g/mol. The molecule has 0 unspecified atom stereocenters. The number of nitrogens with zero attached hydrogens (tertiary/aromatic N) is 2. The summed E-state index contributed by atoms with van der Waals surface area (Å²) in [6.45, 7) is 0. The largest absolute Gasteiger partial charge is 0.309 e. The molecule has 0 aliphatic carbocycles. The molecule has 0 amide bonds. The first-order valence-corrected chi connectivity index (χ1v) is 27.0. The average Bonchev–Trinajstić information content (AvgIpc) is 4.19. The molecule has 0 bridgehead atoms. The molecule has 16 rings (SSSR count). The van der Waals surface area contributed by atoms with E-state index in [0.29, 0.717) is 0 Å². The van der Waals surface area contributed by atoms with E-state index in [1.165, 1.54) is 142 Å². The van der Waals surface area contributed by atoms with Crippen molar-refractivity contribution in [3.8, 4) is 67.0 Å². The summed E-state index contributed by atoms with van der Waals surface area (Å²) in [6, 6.07) is 108. The molecule has 0 aliphatic heterocycles.